The minimum atomic E-state index is -0.339. The first kappa shape index (κ1) is 23.7. The minimum absolute atomic E-state index is 0. The maximum absolute atomic E-state index is 13.0. The van der Waals surface area contributed by atoms with Crippen molar-refractivity contribution < 1.29 is 13.9 Å². The van der Waals surface area contributed by atoms with Gasteiger partial charge in [0.15, 0.2) is 5.96 Å². The van der Waals surface area contributed by atoms with Crippen molar-refractivity contribution in [3.63, 3.8) is 0 Å². The van der Waals surface area contributed by atoms with Crippen LogP contribution in [0, 0.1) is 5.82 Å². The Bertz CT molecular complexity index is 855. The molecule has 0 spiro atoms. The van der Waals surface area contributed by atoms with Gasteiger partial charge < -0.3 is 25.2 Å². The van der Waals surface area contributed by atoms with E-state index in [1.807, 2.05) is 18.2 Å². The van der Waals surface area contributed by atoms with Gasteiger partial charge in [0, 0.05) is 38.9 Å². The highest BCUT2D eigenvalue weighted by atomic mass is 127. The number of para-hydroxylation sites is 2. The number of carbonyl (C=O) groups excluding carboxylic acids is 1. The number of hydrogen-bond acceptors (Lipinski definition) is 4. The van der Waals surface area contributed by atoms with Crippen molar-refractivity contribution in [3.05, 3.63) is 54.3 Å². The summed E-state index contributed by atoms with van der Waals surface area (Å²) in [6.45, 7) is 3.27. The van der Waals surface area contributed by atoms with Crippen molar-refractivity contribution in [1.82, 2.24) is 10.2 Å². The second-order valence-corrected chi connectivity index (χ2v) is 6.60. The summed E-state index contributed by atoms with van der Waals surface area (Å²) in [6.07, 6.45) is 0. The van der Waals surface area contributed by atoms with Crippen LogP contribution >= 0.6 is 24.0 Å². The fourth-order valence-electron chi connectivity index (χ4n) is 3.28. The number of amides is 1. The van der Waals surface area contributed by atoms with E-state index in [2.05, 4.69) is 31.5 Å². The molecule has 2 aromatic carbocycles. The zero-order valence-corrected chi connectivity index (χ0v) is 19.4. The lowest BCUT2D eigenvalue weighted by Gasteiger charge is -2.38. The lowest BCUT2D eigenvalue weighted by molar-refractivity contribution is -0.115. The molecule has 2 N–H and O–H groups in total. The van der Waals surface area contributed by atoms with Crippen molar-refractivity contribution >= 4 is 47.2 Å². The van der Waals surface area contributed by atoms with Gasteiger partial charge in [-0.2, -0.15) is 0 Å². The first-order chi connectivity index (χ1) is 14.1. The number of methoxy groups -OCH3 is 1. The molecule has 2 aromatic rings. The highest BCUT2D eigenvalue weighted by Gasteiger charge is 2.21. The summed E-state index contributed by atoms with van der Waals surface area (Å²) in [5.41, 5.74) is 1.63. The van der Waals surface area contributed by atoms with Gasteiger partial charge in [0.05, 0.1) is 19.3 Å². The predicted octanol–water partition coefficient (Wildman–Crippen LogP) is 2.79. The van der Waals surface area contributed by atoms with Crippen molar-refractivity contribution in [2.24, 2.45) is 4.99 Å². The summed E-state index contributed by atoms with van der Waals surface area (Å²) in [7, 11) is 3.38. The predicted molar refractivity (Wildman–Crippen MR) is 129 cm³/mol. The van der Waals surface area contributed by atoms with Crippen LogP contribution in [0.3, 0.4) is 0 Å². The Morgan fingerprint density at radius 3 is 2.40 bits per heavy atom. The molecule has 1 heterocycles. The highest BCUT2D eigenvalue weighted by molar-refractivity contribution is 14.0. The second kappa shape index (κ2) is 11.6. The number of nitrogens with zero attached hydrogens (tertiary/aromatic N) is 3. The molecule has 0 saturated carbocycles. The molecule has 0 unspecified atom stereocenters. The molecule has 0 atom stereocenters. The normalized spacial score (nSPS) is 14.0. The van der Waals surface area contributed by atoms with Crippen LogP contribution in [0.1, 0.15) is 0 Å². The monoisotopic (exact) mass is 527 g/mol. The first-order valence-corrected chi connectivity index (χ1v) is 9.49. The molecule has 1 aliphatic rings. The van der Waals surface area contributed by atoms with E-state index in [-0.39, 0.29) is 42.2 Å². The average molecular weight is 527 g/mol. The number of ether oxygens (including phenoxy) is 1. The average Bonchev–Trinajstić information content (AvgIpc) is 2.76. The minimum Gasteiger partial charge on any atom is -0.495 e. The maximum Gasteiger partial charge on any atom is 0.243 e. The summed E-state index contributed by atoms with van der Waals surface area (Å²) < 4.78 is 18.4. The molecule has 7 nitrogen and oxygen atoms in total. The number of aliphatic imine (C=N–C) groups is 1. The van der Waals surface area contributed by atoms with Gasteiger partial charge in [0.25, 0.3) is 0 Å². The van der Waals surface area contributed by atoms with Crippen LogP contribution in [0.4, 0.5) is 15.8 Å². The topological polar surface area (TPSA) is 69.2 Å². The number of rotatable bonds is 5. The Balaban J connectivity index is 0.00000320. The Kier molecular flexibility index (Phi) is 9.15. The maximum atomic E-state index is 13.0. The van der Waals surface area contributed by atoms with Crippen molar-refractivity contribution in [3.8, 4) is 5.75 Å². The number of hydrogen-bond donors (Lipinski definition) is 2. The molecule has 1 saturated heterocycles. The van der Waals surface area contributed by atoms with Crippen LogP contribution in [-0.2, 0) is 4.79 Å². The zero-order valence-electron chi connectivity index (χ0n) is 17.1. The number of nitrogens with one attached hydrogen (secondary N) is 2. The van der Waals surface area contributed by atoms with Gasteiger partial charge in [-0.25, -0.2) is 4.39 Å². The molecular weight excluding hydrogens is 500 g/mol. The molecule has 1 aliphatic heterocycles. The molecule has 0 radical (unpaired) electrons. The quantitative estimate of drug-likeness (QED) is 0.356. The lowest BCUT2D eigenvalue weighted by Crippen LogP contribution is -2.53. The van der Waals surface area contributed by atoms with Crippen molar-refractivity contribution in [2.45, 2.75) is 0 Å². The van der Waals surface area contributed by atoms with E-state index >= 15 is 0 Å². The van der Waals surface area contributed by atoms with Gasteiger partial charge in [0.1, 0.15) is 11.6 Å². The van der Waals surface area contributed by atoms with E-state index in [0.29, 0.717) is 11.6 Å². The van der Waals surface area contributed by atoms with Crippen LogP contribution in [0.2, 0.25) is 0 Å². The molecule has 162 valence electrons. The number of carbonyl (C=O) groups is 1. The summed E-state index contributed by atoms with van der Waals surface area (Å²) in [5.74, 6) is 0.985. The Morgan fingerprint density at radius 1 is 1.10 bits per heavy atom. The second-order valence-electron chi connectivity index (χ2n) is 6.60. The van der Waals surface area contributed by atoms with Gasteiger partial charge in [0.2, 0.25) is 5.91 Å². The zero-order chi connectivity index (χ0) is 20.6. The summed E-state index contributed by atoms with van der Waals surface area (Å²) in [6, 6.07) is 13.7. The first-order valence-electron chi connectivity index (χ1n) is 9.49. The molecule has 0 aliphatic carbocycles. The summed E-state index contributed by atoms with van der Waals surface area (Å²) in [4.78, 5) is 20.8. The number of benzene rings is 2. The Labute approximate surface area is 193 Å². The molecular formula is C21H27FIN5O2. The van der Waals surface area contributed by atoms with Crippen LogP contribution < -0.4 is 20.3 Å². The van der Waals surface area contributed by atoms with E-state index in [1.165, 1.54) is 24.3 Å². The Hall–Kier alpha value is -2.56. The van der Waals surface area contributed by atoms with Gasteiger partial charge in [-0.15, -0.1) is 24.0 Å². The number of guanidine groups is 1. The highest BCUT2D eigenvalue weighted by Crippen LogP contribution is 2.28. The molecule has 1 amide bonds. The number of halogens is 2. The largest absolute Gasteiger partial charge is 0.495 e. The standard InChI is InChI=1S/C21H26FN5O2.HI/c1-23-21(24-15-20(28)25-17-9-7-16(22)8-10-17)27-13-11-26(12-14-27)18-5-3-4-6-19(18)29-2;/h3-10H,11-15H2,1-2H3,(H,23,24)(H,25,28);1H. The van der Waals surface area contributed by atoms with Gasteiger partial charge in [-0.05, 0) is 36.4 Å². The molecule has 0 aromatic heterocycles. The molecule has 9 heteroatoms. The van der Waals surface area contributed by atoms with Gasteiger partial charge in [-0.3, -0.25) is 9.79 Å². The van der Waals surface area contributed by atoms with E-state index in [9.17, 15) is 9.18 Å². The van der Waals surface area contributed by atoms with Crippen molar-refractivity contribution in [1.29, 1.82) is 0 Å². The van der Waals surface area contributed by atoms with Crippen LogP contribution in [0.15, 0.2) is 53.5 Å². The third-order valence-electron chi connectivity index (χ3n) is 4.75. The third-order valence-corrected chi connectivity index (χ3v) is 4.75. The smallest absolute Gasteiger partial charge is 0.243 e. The van der Waals surface area contributed by atoms with E-state index < -0.39 is 0 Å². The lowest BCUT2D eigenvalue weighted by atomic mass is 10.2. The fraction of sp³-hybridized carbons (Fsp3) is 0.333. The SMILES string of the molecule is CN=C(NCC(=O)Nc1ccc(F)cc1)N1CCN(c2ccccc2OC)CC1.I. The van der Waals surface area contributed by atoms with Crippen LogP contribution in [0.5, 0.6) is 5.75 Å². The van der Waals surface area contributed by atoms with Crippen LogP contribution in [0.25, 0.3) is 0 Å². The summed E-state index contributed by atoms with van der Waals surface area (Å²) >= 11 is 0. The molecule has 1 fully saturated rings. The molecule has 0 bridgehead atoms. The molecule has 3 rings (SSSR count). The number of piperazine rings is 1. The number of anilines is 2. The van der Waals surface area contributed by atoms with E-state index in [4.69, 9.17) is 4.74 Å². The Morgan fingerprint density at radius 2 is 1.77 bits per heavy atom. The van der Waals surface area contributed by atoms with E-state index in [0.717, 1.165) is 37.6 Å². The van der Waals surface area contributed by atoms with Gasteiger partial charge >= 0.3 is 0 Å². The van der Waals surface area contributed by atoms with Crippen LogP contribution in [-0.4, -0.2) is 63.6 Å². The fourth-order valence-corrected chi connectivity index (χ4v) is 3.28. The van der Waals surface area contributed by atoms with E-state index in [1.54, 1.807) is 14.2 Å². The van der Waals surface area contributed by atoms with Gasteiger partial charge in [-0.1, -0.05) is 12.1 Å². The molecule has 30 heavy (non-hydrogen) atoms. The summed E-state index contributed by atoms with van der Waals surface area (Å²) in [5, 5.41) is 5.82. The third kappa shape index (κ3) is 6.22. The van der Waals surface area contributed by atoms with Crippen molar-refractivity contribution in [2.75, 3.05) is 57.1 Å².